The average molecular weight is 296 g/mol. The van der Waals surface area contributed by atoms with Crippen LogP contribution in [0.15, 0.2) is 0 Å². The number of hydrogen-bond acceptors (Lipinski definition) is 2. The van der Waals surface area contributed by atoms with Crippen LogP contribution in [0.4, 0.5) is 4.79 Å². The third-order valence-corrected chi connectivity index (χ3v) is 5.75. The summed E-state index contributed by atoms with van der Waals surface area (Å²) in [5.41, 5.74) is -0.292. The molecule has 0 aromatic heterocycles. The predicted octanol–water partition coefficient (Wildman–Crippen LogP) is 2.81. The number of hydrogen-bond donors (Lipinski definition) is 1. The van der Waals surface area contributed by atoms with Gasteiger partial charge in [-0.05, 0) is 38.0 Å². The first-order valence-electron chi connectivity index (χ1n) is 8.07. The van der Waals surface area contributed by atoms with Gasteiger partial charge in [0.2, 0.25) is 0 Å². The van der Waals surface area contributed by atoms with Gasteiger partial charge in [0.25, 0.3) is 0 Å². The van der Waals surface area contributed by atoms with E-state index in [1.165, 1.54) is 0 Å². The van der Waals surface area contributed by atoms with Gasteiger partial charge in [-0.1, -0.05) is 20.3 Å². The molecule has 1 N–H and O–H groups in total. The Bertz CT molecular complexity index is 406. The van der Waals surface area contributed by atoms with Gasteiger partial charge in [0.15, 0.2) is 0 Å². The minimum absolute atomic E-state index is 0.0978. The van der Waals surface area contributed by atoms with Gasteiger partial charge >= 0.3 is 12.0 Å². The first-order chi connectivity index (χ1) is 9.80. The van der Waals surface area contributed by atoms with Crippen molar-refractivity contribution in [1.29, 1.82) is 0 Å². The Balaban J connectivity index is 1.87. The summed E-state index contributed by atoms with van der Waals surface area (Å²) in [5, 5.41) is 9.24. The summed E-state index contributed by atoms with van der Waals surface area (Å²) >= 11 is 0. The van der Waals surface area contributed by atoms with Crippen molar-refractivity contribution in [3.8, 4) is 0 Å². The fourth-order valence-electron chi connectivity index (χ4n) is 3.20. The molecule has 0 bridgehead atoms. The first kappa shape index (κ1) is 16.1. The van der Waals surface area contributed by atoms with Gasteiger partial charge in [0.1, 0.15) is 0 Å². The topological polar surface area (TPSA) is 60.9 Å². The molecule has 0 aliphatic carbocycles. The van der Waals surface area contributed by atoms with Gasteiger partial charge in [-0.3, -0.25) is 4.79 Å². The van der Waals surface area contributed by atoms with Crippen LogP contribution in [0.25, 0.3) is 0 Å². The molecule has 120 valence electrons. The molecule has 0 unspecified atom stereocenters. The van der Waals surface area contributed by atoms with Crippen molar-refractivity contribution in [3.05, 3.63) is 0 Å². The van der Waals surface area contributed by atoms with E-state index in [0.29, 0.717) is 31.3 Å². The van der Waals surface area contributed by atoms with Crippen molar-refractivity contribution in [2.24, 2.45) is 10.8 Å². The monoisotopic (exact) mass is 296 g/mol. The number of nitrogens with zero attached hydrogens (tertiary/aromatic N) is 2. The van der Waals surface area contributed by atoms with E-state index in [-0.39, 0.29) is 6.03 Å². The molecular formula is C16H28N2O3. The Morgan fingerprint density at radius 1 is 0.952 bits per heavy atom. The Hall–Kier alpha value is -1.26. The van der Waals surface area contributed by atoms with Crippen molar-refractivity contribution in [3.63, 3.8) is 0 Å². The van der Waals surface area contributed by atoms with E-state index in [1.807, 2.05) is 9.80 Å². The predicted molar refractivity (Wildman–Crippen MR) is 81.2 cm³/mol. The normalized spacial score (nSPS) is 24.7. The van der Waals surface area contributed by atoms with Crippen LogP contribution in [0.2, 0.25) is 0 Å². The summed E-state index contributed by atoms with van der Waals surface area (Å²) < 4.78 is 0. The van der Waals surface area contributed by atoms with Gasteiger partial charge < -0.3 is 14.9 Å². The van der Waals surface area contributed by atoms with Crippen LogP contribution < -0.4 is 0 Å². The molecule has 2 saturated heterocycles. The number of carbonyl (C=O) groups is 2. The minimum Gasteiger partial charge on any atom is -0.481 e. The zero-order valence-electron chi connectivity index (χ0n) is 13.5. The van der Waals surface area contributed by atoms with E-state index in [1.54, 1.807) is 6.92 Å². The summed E-state index contributed by atoms with van der Waals surface area (Å²) in [6, 6.07) is 0.0978. The number of carboxylic acid groups (broad SMARTS) is 1. The second-order valence-electron chi connectivity index (χ2n) is 7.29. The summed E-state index contributed by atoms with van der Waals surface area (Å²) in [4.78, 5) is 27.6. The number of carbonyl (C=O) groups excluding carboxylic acids is 1. The number of likely N-dealkylation sites (tertiary alicyclic amines) is 2. The third-order valence-electron chi connectivity index (χ3n) is 5.75. The van der Waals surface area contributed by atoms with Crippen molar-refractivity contribution < 1.29 is 14.7 Å². The molecule has 0 atom stereocenters. The highest BCUT2D eigenvalue weighted by atomic mass is 16.4. The zero-order chi connectivity index (χ0) is 15.7. The lowest BCUT2D eigenvalue weighted by Gasteiger charge is -2.43. The fraction of sp³-hybridized carbons (Fsp3) is 0.875. The van der Waals surface area contributed by atoms with Crippen molar-refractivity contribution in [2.75, 3.05) is 26.2 Å². The van der Waals surface area contributed by atoms with Crippen LogP contribution >= 0.6 is 0 Å². The number of piperidine rings is 2. The van der Waals surface area contributed by atoms with E-state index < -0.39 is 11.4 Å². The molecule has 0 saturated carbocycles. The zero-order valence-corrected chi connectivity index (χ0v) is 13.5. The molecule has 2 rings (SSSR count). The molecule has 0 radical (unpaired) electrons. The number of amides is 2. The van der Waals surface area contributed by atoms with Crippen molar-refractivity contribution >= 4 is 12.0 Å². The molecule has 2 aliphatic heterocycles. The lowest BCUT2D eigenvalue weighted by Crippen LogP contribution is -2.52. The second kappa shape index (κ2) is 5.85. The first-order valence-corrected chi connectivity index (χ1v) is 8.07. The van der Waals surface area contributed by atoms with Crippen LogP contribution in [0.3, 0.4) is 0 Å². The SMILES string of the molecule is CCC1(C)CCN(C(=O)N2CCC(C)(C(=O)O)CC2)CC1. The molecule has 5 heteroatoms. The Labute approximate surface area is 127 Å². The Kier molecular flexibility index (Phi) is 4.49. The molecule has 0 aromatic carbocycles. The van der Waals surface area contributed by atoms with Crippen molar-refractivity contribution in [1.82, 2.24) is 9.80 Å². The van der Waals surface area contributed by atoms with Crippen LogP contribution in [0.5, 0.6) is 0 Å². The molecule has 2 aliphatic rings. The van der Waals surface area contributed by atoms with Crippen molar-refractivity contribution in [2.45, 2.75) is 52.9 Å². The summed E-state index contributed by atoms with van der Waals surface area (Å²) in [5.74, 6) is -0.744. The maximum atomic E-state index is 12.5. The molecule has 2 fully saturated rings. The highest BCUT2D eigenvalue weighted by Gasteiger charge is 2.39. The van der Waals surface area contributed by atoms with Gasteiger partial charge in [0.05, 0.1) is 5.41 Å². The number of aliphatic carboxylic acids is 1. The Morgan fingerprint density at radius 2 is 1.38 bits per heavy atom. The number of carboxylic acids is 1. The molecule has 2 heterocycles. The lowest BCUT2D eigenvalue weighted by molar-refractivity contribution is -0.150. The lowest BCUT2D eigenvalue weighted by atomic mass is 9.78. The maximum absolute atomic E-state index is 12.5. The smallest absolute Gasteiger partial charge is 0.319 e. The van der Waals surface area contributed by atoms with E-state index in [4.69, 9.17) is 0 Å². The molecule has 0 spiro atoms. The second-order valence-corrected chi connectivity index (χ2v) is 7.29. The number of rotatable bonds is 2. The van der Waals surface area contributed by atoms with Gasteiger partial charge in [-0.25, -0.2) is 4.79 Å². The highest BCUT2D eigenvalue weighted by Crippen LogP contribution is 2.35. The highest BCUT2D eigenvalue weighted by molar-refractivity contribution is 5.77. The largest absolute Gasteiger partial charge is 0.481 e. The Morgan fingerprint density at radius 3 is 1.76 bits per heavy atom. The molecule has 2 amide bonds. The van der Waals surface area contributed by atoms with Crippen LogP contribution in [-0.2, 0) is 4.79 Å². The minimum atomic E-state index is -0.744. The third kappa shape index (κ3) is 3.33. The molecular weight excluding hydrogens is 268 g/mol. The quantitative estimate of drug-likeness (QED) is 0.852. The standard InChI is InChI=1S/C16H28N2O3/c1-4-15(2)5-9-17(10-6-15)14(21)18-11-7-16(3,8-12-18)13(19)20/h4-12H2,1-3H3,(H,19,20). The van der Waals surface area contributed by atoms with Gasteiger partial charge in [0, 0.05) is 26.2 Å². The van der Waals surface area contributed by atoms with E-state index in [0.717, 1.165) is 32.4 Å². The van der Waals surface area contributed by atoms with Gasteiger partial charge in [-0.15, -0.1) is 0 Å². The van der Waals surface area contributed by atoms with E-state index in [2.05, 4.69) is 13.8 Å². The van der Waals surface area contributed by atoms with E-state index >= 15 is 0 Å². The van der Waals surface area contributed by atoms with Crippen LogP contribution in [-0.4, -0.2) is 53.1 Å². The maximum Gasteiger partial charge on any atom is 0.319 e. The van der Waals surface area contributed by atoms with E-state index in [9.17, 15) is 14.7 Å². The average Bonchev–Trinajstić information content (AvgIpc) is 2.48. The molecule has 5 nitrogen and oxygen atoms in total. The summed E-state index contributed by atoms with van der Waals surface area (Å²) in [6.45, 7) is 9.08. The fourth-order valence-corrected chi connectivity index (χ4v) is 3.20. The summed E-state index contributed by atoms with van der Waals surface area (Å²) in [7, 11) is 0. The molecule has 21 heavy (non-hydrogen) atoms. The van der Waals surface area contributed by atoms with Crippen LogP contribution in [0, 0.1) is 10.8 Å². The van der Waals surface area contributed by atoms with Crippen LogP contribution in [0.1, 0.15) is 52.9 Å². The number of urea groups is 1. The summed E-state index contributed by atoms with van der Waals surface area (Å²) in [6.07, 6.45) is 4.39. The molecule has 0 aromatic rings. The van der Waals surface area contributed by atoms with Gasteiger partial charge in [-0.2, -0.15) is 0 Å².